The van der Waals surface area contributed by atoms with Gasteiger partial charge in [-0.15, -0.1) is 0 Å². The summed E-state index contributed by atoms with van der Waals surface area (Å²) in [5.74, 6) is 1.23. The first-order chi connectivity index (χ1) is 13.1. The lowest BCUT2D eigenvalue weighted by Gasteiger charge is -2.65. The largest absolute Gasteiger partial charge is 0.465 e. The van der Waals surface area contributed by atoms with Crippen molar-refractivity contribution in [2.24, 2.45) is 34.0 Å². The highest BCUT2D eigenvalue weighted by Gasteiger charge is 2.66. The summed E-state index contributed by atoms with van der Waals surface area (Å²) in [5.41, 5.74) is 1.66. The smallest absolute Gasteiger partial charge is 0.302 e. The molecular weight excluding hydrogens is 352 g/mol. The number of ether oxygens (including phenoxy) is 2. The molecule has 2 bridgehead atoms. The monoisotopic (exact) mass is 388 g/mol. The van der Waals surface area contributed by atoms with E-state index in [0.717, 1.165) is 19.3 Å². The van der Waals surface area contributed by atoms with Crippen molar-refractivity contribution in [2.45, 2.75) is 85.7 Å². The van der Waals surface area contributed by atoms with Gasteiger partial charge in [0.15, 0.2) is 0 Å². The molecule has 7 atom stereocenters. The van der Waals surface area contributed by atoms with Crippen molar-refractivity contribution in [1.82, 2.24) is 0 Å². The van der Waals surface area contributed by atoms with Gasteiger partial charge in [-0.3, -0.25) is 9.59 Å². The molecule has 1 spiro atoms. The first kappa shape index (κ1) is 20.0. The topological polar surface area (TPSA) is 52.6 Å². The molecule has 0 amide bonds. The first-order valence-electron chi connectivity index (χ1n) is 11.1. The highest BCUT2D eigenvalue weighted by atomic mass is 16.5. The lowest BCUT2D eigenvalue weighted by atomic mass is 9.40. The second-order valence-corrected chi connectivity index (χ2v) is 10.7. The molecule has 4 aliphatic carbocycles. The lowest BCUT2D eigenvalue weighted by Crippen LogP contribution is -2.62. The molecule has 0 radical (unpaired) electrons. The van der Waals surface area contributed by atoms with Gasteiger partial charge in [0.25, 0.3) is 0 Å². The van der Waals surface area contributed by atoms with Gasteiger partial charge < -0.3 is 9.47 Å². The fourth-order valence-corrected chi connectivity index (χ4v) is 8.01. The van der Waals surface area contributed by atoms with Crippen molar-refractivity contribution in [2.75, 3.05) is 6.61 Å². The predicted molar refractivity (Wildman–Crippen MR) is 107 cm³/mol. The third kappa shape index (κ3) is 2.85. The van der Waals surface area contributed by atoms with E-state index in [9.17, 15) is 9.59 Å². The minimum atomic E-state index is -0.202. The molecule has 28 heavy (non-hydrogen) atoms. The molecule has 4 heteroatoms. The average molecular weight is 389 g/mol. The van der Waals surface area contributed by atoms with Crippen molar-refractivity contribution in [1.29, 1.82) is 0 Å². The molecule has 0 aromatic carbocycles. The quantitative estimate of drug-likeness (QED) is 0.501. The Hall–Kier alpha value is -1.32. The SMILES string of the molecule is CC(=O)OCC1(C)CCCC2(C)C1CC(OC(C)=O)C13C=C(C)C(CCC21)C3. The standard InChI is InChI=1S/C24H36O4/c1-15-12-24-13-18(15)7-8-19(24)23(5)10-6-9-22(4,14-27-16(2)25)20(23)11-21(24)28-17(3)26/h12,18-21H,6-11,13-14H2,1-5H3. The van der Waals surface area contributed by atoms with E-state index in [4.69, 9.17) is 9.47 Å². The molecule has 0 aromatic rings. The maximum atomic E-state index is 12.0. The van der Waals surface area contributed by atoms with Gasteiger partial charge in [-0.05, 0) is 68.6 Å². The van der Waals surface area contributed by atoms with E-state index >= 15 is 0 Å². The Morgan fingerprint density at radius 1 is 1.11 bits per heavy atom. The fraction of sp³-hybridized carbons (Fsp3) is 0.833. The van der Waals surface area contributed by atoms with Crippen LogP contribution in [0.2, 0.25) is 0 Å². The first-order valence-corrected chi connectivity index (χ1v) is 11.1. The highest BCUT2D eigenvalue weighted by molar-refractivity contribution is 5.66. The van der Waals surface area contributed by atoms with Gasteiger partial charge >= 0.3 is 11.9 Å². The number of hydrogen-bond donors (Lipinski definition) is 0. The van der Waals surface area contributed by atoms with Gasteiger partial charge in [0.05, 0.1) is 6.61 Å². The van der Waals surface area contributed by atoms with Crippen LogP contribution in [0, 0.1) is 34.0 Å². The summed E-state index contributed by atoms with van der Waals surface area (Å²) in [6.07, 6.45) is 10.4. The number of carbonyl (C=O) groups excluding carboxylic acids is 2. The normalized spacial score (nSPS) is 46.8. The number of rotatable bonds is 3. The van der Waals surface area contributed by atoms with Gasteiger partial charge in [0, 0.05) is 24.7 Å². The number of hydrogen-bond acceptors (Lipinski definition) is 4. The average Bonchev–Trinajstić information content (AvgIpc) is 2.85. The molecule has 4 nitrogen and oxygen atoms in total. The van der Waals surface area contributed by atoms with Crippen LogP contribution in [-0.4, -0.2) is 24.6 Å². The minimum absolute atomic E-state index is 0.00357. The summed E-state index contributed by atoms with van der Waals surface area (Å²) in [4.78, 5) is 23.6. The van der Waals surface area contributed by atoms with E-state index in [0.29, 0.717) is 24.4 Å². The Morgan fingerprint density at radius 2 is 1.86 bits per heavy atom. The molecule has 7 unspecified atom stereocenters. The molecular formula is C24H36O4. The second kappa shape index (κ2) is 6.60. The van der Waals surface area contributed by atoms with Crippen LogP contribution < -0.4 is 0 Å². The molecule has 156 valence electrons. The minimum Gasteiger partial charge on any atom is -0.465 e. The maximum absolute atomic E-state index is 12.0. The molecule has 4 aliphatic rings. The zero-order chi connectivity index (χ0) is 20.3. The molecule has 0 aromatic heterocycles. The fourth-order valence-electron chi connectivity index (χ4n) is 8.01. The van der Waals surface area contributed by atoms with Crippen molar-refractivity contribution >= 4 is 11.9 Å². The second-order valence-electron chi connectivity index (χ2n) is 10.7. The van der Waals surface area contributed by atoms with Crippen LogP contribution in [0.1, 0.15) is 79.6 Å². The zero-order valence-corrected chi connectivity index (χ0v) is 18.2. The van der Waals surface area contributed by atoms with Gasteiger partial charge in [-0.1, -0.05) is 31.9 Å². The zero-order valence-electron chi connectivity index (χ0n) is 18.2. The third-order valence-corrected chi connectivity index (χ3v) is 9.05. The van der Waals surface area contributed by atoms with Gasteiger partial charge in [0.2, 0.25) is 0 Å². The van der Waals surface area contributed by atoms with Crippen molar-refractivity contribution in [3.8, 4) is 0 Å². The summed E-state index contributed by atoms with van der Waals surface area (Å²) in [6.45, 7) is 10.6. The molecule has 0 heterocycles. The van der Waals surface area contributed by atoms with Crippen molar-refractivity contribution in [3.63, 3.8) is 0 Å². The molecule has 0 aliphatic heterocycles. The van der Waals surface area contributed by atoms with E-state index in [1.165, 1.54) is 38.2 Å². The molecule has 0 N–H and O–H groups in total. The summed E-state index contributed by atoms with van der Waals surface area (Å²) in [6, 6.07) is 0. The van der Waals surface area contributed by atoms with Crippen LogP contribution >= 0.6 is 0 Å². The summed E-state index contributed by atoms with van der Waals surface area (Å²) in [5, 5.41) is 0. The van der Waals surface area contributed by atoms with Gasteiger partial charge in [-0.25, -0.2) is 0 Å². The van der Waals surface area contributed by atoms with E-state index in [1.807, 2.05) is 0 Å². The number of carbonyl (C=O) groups is 2. The summed E-state index contributed by atoms with van der Waals surface area (Å²) >= 11 is 0. The summed E-state index contributed by atoms with van der Waals surface area (Å²) in [7, 11) is 0. The lowest BCUT2D eigenvalue weighted by molar-refractivity contribution is -0.211. The molecule has 3 saturated carbocycles. The van der Waals surface area contributed by atoms with E-state index in [-0.39, 0.29) is 34.3 Å². The van der Waals surface area contributed by atoms with Gasteiger partial charge in [-0.2, -0.15) is 0 Å². The molecule has 3 fully saturated rings. The van der Waals surface area contributed by atoms with Crippen LogP contribution in [0.3, 0.4) is 0 Å². The van der Waals surface area contributed by atoms with Crippen LogP contribution in [0.25, 0.3) is 0 Å². The Balaban J connectivity index is 1.75. The molecule has 0 saturated heterocycles. The number of esters is 2. The van der Waals surface area contributed by atoms with Crippen LogP contribution in [0.4, 0.5) is 0 Å². The Kier molecular flexibility index (Phi) is 4.71. The summed E-state index contributed by atoms with van der Waals surface area (Å²) < 4.78 is 11.6. The Labute approximate surface area is 169 Å². The van der Waals surface area contributed by atoms with Crippen molar-refractivity contribution in [3.05, 3.63) is 11.6 Å². The maximum Gasteiger partial charge on any atom is 0.302 e. The molecule has 4 rings (SSSR count). The van der Waals surface area contributed by atoms with Gasteiger partial charge in [0.1, 0.15) is 6.10 Å². The number of allylic oxidation sites excluding steroid dienone is 1. The number of fused-ring (bicyclic) bond motifs is 3. The Bertz CT molecular complexity index is 711. The Morgan fingerprint density at radius 3 is 2.54 bits per heavy atom. The predicted octanol–water partition coefficient (Wildman–Crippen LogP) is 5.06. The van der Waals surface area contributed by atoms with E-state index < -0.39 is 0 Å². The van der Waals surface area contributed by atoms with Crippen LogP contribution in [0.15, 0.2) is 11.6 Å². The van der Waals surface area contributed by atoms with Crippen LogP contribution in [0.5, 0.6) is 0 Å². The van der Waals surface area contributed by atoms with Crippen LogP contribution in [-0.2, 0) is 19.1 Å². The van der Waals surface area contributed by atoms with E-state index in [1.54, 1.807) is 6.92 Å². The third-order valence-electron chi connectivity index (χ3n) is 9.05. The van der Waals surface area contributed by atoms with E-state index in [2.05, 4.69) is 26.8 Å². The van der Waals surface area contributed by atoms with Crippen molar-refractivity contribution < 1.29 is 19.1 Å². The highest BCUT2D eigenvalue weighted by Crippen LogP contribution is 2.71.